The van der Waals surface area contributed by atoms with Crippen molar-refractivity contribution in [1.82, 2.24) is 4.90 Å². The average molecular weight is 239 g/mol. The molecule has 3 fully saturated rings. The maximum Gasteiger partial charge on any atom is 0.225 e. The third-order valence-corrected chi connectivity index (χ3v) is 4.26. The van der Waals surface area contributed by atoms with Crippen LogP contribution in [0.25, 0.3) is 0 Å². The van der Waals surface area contributed by atoms with Crippen molar-refractivity contribution in [2.45, 2.75) is 45.0 Å². The highest BCUT2D eigenvalue weighted by Gasteiger charge is 2.46. The molecule has 3 atom stereocenters. The first kappa shape index (κ1) is 11.5. The van der Waals surface area contributed by atoms with E-state index < -0.39 is 0 Å². The van der Waals surface area contributed by atoms with Gasteiger partial charge in [0, 0.05) is 31.8 Å². The van der Waals surface area contributed by atoms with E-state index in [0.29, 0.717) is 24.3 Å². The van der Waals surface area contributed by atoms with E-state index in [2.05, 4.69) is 6.92 Å². The minimum atomic E-state index is -0.384. The van der Waals surface area contributed by atoms with Crippen molar-refractivity contribution in [2.75, 3.05) is 19.7 Å². The number of amides is 1. The minimum Gasteiger partial charge on any atom is -0.347 e. The largest absolute Gasteiger partial charge is 0.347 e. The summed E-state index contributed by atoms with van der Waals surface area (Å²) in [6.07, 6.45) is 2.92. The normalized spacial score (nSPS) is 39.6. The Morgan fingerprint density at radius 1 is 1.29 bits per heavy atom. The summed E-state index contributed by atoms with van der Waals surface area (Å²) in [4.78, 5) is 14.1. The molecular weight excluding hydrogens is 218 g/mol. The van der Waals surface area contributed by atoms with Crippen LogP contribution < -0.4 is 0 Å². The van der Waals surface area contributed by atoms with Crippen molar-refractivity contribution in [1.29, 1.82) is 0 Å². The van der Waals surface area contributed by atoms with Crippen LogP contribution in [0.1, 0.15) is 33.1 Å². The summed E-state index contributed by atoms with van der Waals surface area (Å²) in [7, 11) is 0. The Balaban J connectivity index is 1.55. The zero-order valence-electron chi connectivity index (χ0n) is 10.6. The molecule has 0 N–H and O–H groups in total. The first-order valence-corrected chi connectivity index (χ1v) is 6.70. The molecule has 3 unspecified atom stereocenters. The Hall–Kier alpha value is -0.610. The number of nitrogens with zero attached hydrogens (tertiary/aromatic N) is 1. The molecular formula is C13H21NO3. The van der Waals surface area contributed by atoms with Crippen LogP contribution in [0.4, 0.5) is 0 Å². The number of ether oxygens (including phenoxy) is 2. The van der Waals surface area contributed by atoms with Crippen LogP contribution in [0.15, 0.2) is 0 Å². The molecule has 4 nitrogen and oxygen atoms in total. The Morgan fingerprint density at radius 2 is 1.94 bits per heavy atom. The van der Waals surface area contributed by atoms with Gasteiger partial charge in [-0.1, -0.05) is 6.92 Å². The van der Waals surface area contributed by atoms with Gasteiger partial charge in [-0.15, -0.1) is 0 Å². The lowest BCUT2D eigenvalue weighted by Crippen LogP contribution is -2.48. The molecule has 1 saturated carbocycles. The van der Waals surface area contributed by atoms with E-state index >= 15 is 0 Å². The molecule has 2 aliphatic heterocycles. The summed E-state index contributed by atoms with van der Waals surface area (Å²) in [5, 5.41) is 0. The van der Waals surface area contributed by atoms with Crippen LogP contribution in [0.3, 0.4) is 0 Å². The fourth-order valence-corrected chi connectivity index (χ4v) is 2.93. The van der Waals surface area contributed by atoms with Crippen LogP contribution in [0, 0.1) is 11.8 Å². The number of carbonyl (C=O) groups is 1. The molecule has 0 radical (unpaired) electrons. The van der Waals surface area contributed by atoms with Crippen molar-refractivity contribution in [3.63, 3.8) is 0 Å². The molecule has 2 heterocycles. The maximum atomic E-state index is 12.1. The molecule has 4 heteroatoms. The van der Waals surface area contributed by atoms with Gasteiger partial charge in [0.15, 0.2) is 5.79 Å². The predicted octanol–water partition coefficient (Wildman–Crippen LogP) is 1.40. The smallest absolute Gasteiger partial charge is 0.225 e. The van der Waals surface area contributed by atoms with Gasteiger partial charge in [-0.3, -0.25) is 4.79 Å². The lowest BCUT2D eigenvalue weighted by atomic mass is 10.0. The molecule has 1 aliphatic carbocycles. The first-order valence-electron chi connectivity index (χ1n) is 6.70. The summed E-state index contributed by atoms with van der Waals surface area (Å²) in [5.41, 5.74) is 0. The third kappa shape index (κ3) is 2.08. The monoisotopic (exact) mass is 239 g/mol. The molecule has 0 aromatic heterocycles. The fraction of sp³-hybridized carbons (Fsp3) is 0.923. The molecule has 96 valence electrons. The topological polar surface area (TPSA) is 38.8 Å². The molecule has 0 aromatic rings. The van der Waals surface area contributed by atoms with Crippen LogP contribution in [-0.4, -0.2) is 42.4 Å². The average Bonchev–Trinajstić information content (AvgIpc) is 2.94. The van der Waals surface area contributed by atoms with Crippen molar-refractivity contribution >= 4 is 5.91 Å². The Bertz CT molecular complexity index is 323. The lowest BCUT2D eigenvalue weighted by molar-refractivity contribution is -0.195. The summed E-state index contributed by atoms with van der Waals surface area (Å²) < 4.78 is 11.6. The maximum absolute atomic E-state index is 12.1. The van der Waals surface area contributed by atoms with Crippen LogP contribution in [0.2, 0.25) is 0 Å². The number of hydrogen-bond acceptors (Lipinski definition) is 3. The van der Waals surface area contributed by atoms with E-state index in [1.165, 1.54) is 0 Å². The summed E-state index contributed by atoms with van der Waals surface area (Å²) in [6, 6.07) is 0. The standard InChI is InChI=1S/C13H21NO3/c1-9-7-11(9)12(15)14-5-3-13(4-6-14)16-8-10(2)17-13/h9-11H,3-8H2,1-2H3. The Kier molecular flexibility index (Phi) is 2.67. The van der Waals surface area contributed by atoms with Gasteiger partial charge < -0.3 is 14.4 Å². The van der Waals surface area contributed by atoms with Crippen LogP contribution >= 0.6 is 0 Å². The summed E-state index contributed by atoms with van der Waals surface area (Å²) in [5.74, 6) is 0.856. The SMILES string of the molecule is CC1COC2(CCN(C(=O)C3CC3C)CC2)O1. The molecule has 3 rings (SSSR count). The van der Waals surface area contributed by atoms with Crippen molar-refractivity contribution in [3.8, 4) is 0 Å². The zero-order chi connectivity index (χ0) is 12.0. The van der Waals surface area contributed by atoms with Gasteiger partial charge in [0.2, 0.25) is 5.91 Å². The second kappa shape index (κ2) is 3.95. The minimum absolute atomic E-state index is 0.195. The molecule has 1 amide bonds. The van der Waals surface area contributed by atoms with Crippen molar-refractivity contribution < 1.29 is 14.3 Å². The highest BCUT2D eigenvalue weighted by Crippen LogP contribution is 2.41. The van der Waals surface area contributed by atoms with Crippen LogP contribution in [-0.2, 0) is 14.3 Å². The second-order valence-corrected chi connectivity index (χ2v) is 5.79. The second-order valence-electron chi connectivity index (χ2n) is 5.79. The quantitative estimate of drug-likeness (QED) is 0.694. The highest BCUT2D eigenvalue weighted by atomic mass is 16.7. The van der Waals surface area contributed by atoms with Gasteiger partial charge in [-0.2, -0.15) is 0 Å². The van der Waals surface area contributed by atoms with Gasteiger partial charge in [-0.25, -0.2) is 0 Å². The third-order valence-electron chi connectivity index (χ3n) is 4.26. The van der Waals surface area contributed by atoms with E-state index in [1.807, 2.05) is 11.8 Å². The zero-order valence-corrected chi connectivity index (χ0v) is 10.6. The van der Waals surface area contributed by atoms with Crippen molar-refractivity contribution in [3.05, 3.63) is 0 Å². The van der Waals surface area contributed by atoms with Crippen molar-refractivity contribution in [2.24, 2.45) is 11.8 Å². The molecule has 17 heavy (non-hydrogen) atoms. The molecule has 2 saturated heterocycles. The van der Waals surface area contributed by atoms with E-state index in [1.54, 1.807) is 0 Å². The highest BCUT2D eigenvalue weighted by molar-refractivity contribution is 5.81. The van der Waals surface area contributed by atoms with E-state index in [4.69, 9.17) is 9.47 Å². The van der Waals surface area contributed by atoms with Crippen LogP contribution in [0.5, 0.6) is 0 Å². The molecule has 1 spiro atoms. The van der Waals surface area contributed by atoms with E-state index in [9.17, 15) is 4.79 Å². The van der Waals surface area contributed by atoms with E-state index in [-0.39, 0.29) is 11.9 Å². The van der Waals surface area contributed by atoms with Gasteiger partial charge in [-0.05, 0) is 19.3 Å². The predicted molar refractivity (Wildman–Crippen MR) is 62.3 cm³/mol. The first-order chi connectivity index (χ1) is 8.10. The Morgan fingerprint density at radius 3 is 2.41 bits per heavy atom. The summed E-state index contributed by atoms with van der Waals surface area (Å²) in [6.45, 7) is 6.45. The number of hydrogen-bond donors (Lipinski definition) is 0. The number of piperidine rings is 1. The lowest BCUT2D eigenvalue weighted by Gasteiger charge is -2.38. The number of rotatable bonds is 1. The fourth-order valence-electron chi connectivity index (χ4n) is 2.93. The van der Waals surface area contributed by atoms with Gasteiger partial charge in [0.05, 0.1) is 12.7 Å². The molecule has 3 aliphatic rings. The molecule has 0 aromatic carbocycles. The van der Waals surface area contributed by atoms with E-state index in [0.717, 1.165) is 32.4 Å². The number of carbonyl (C=O) groups excluding carboxylic acids is 1. The Labute approximate surface area is 102 Å². The molecule has 0 bridgehead atoms. The van der Waals surface area contributed by atoms with Gasteiger partial charge in [0.1, 0.15) is 0 Å². The summed E-state index contributed by atoms with van der Waals surface area (Å²) >= 11 is 0. The number of likely N-dealkylation sites (tertiary alicyclic amines) is 1. The van der Waals surface area contributed by atoms with Gasteiger partial charge >= 0.3 is 0 Å². The van der Waals surface area contributed by atoms with Gasteiger partial charge in [0.25, 0.3) is 0 Å².